The highest BCUT2D eigenvalue weighted by atomic mass is 16.5. The third-order valence-electron chi connectivity index (χ3n) is 7.62. The minimum atomic E-state index is -0.142. The summed E-state index contributed by atoms with van der Waals surface area (Å²) in [6.07, 6.45) is 5.21. The van der Waals surface area contributed by atoms with Crippen molar-refractivity contribution in [1.82, 2.24) is 4.90 Å². The predicted molar refractivity (Wildman–Crippen MR) is 120 cm³/mol. The van der Waals surface area contributed by atoms with Gasteiger partial charge in [0.05, 0.1) is 18.4 Å². The van der Waals surface area contributed by atoms with E-state index < -0.39 is 0 Å². The van der Waals surface area contributed by atoms with Gasteiger partial charge in [-0.05, 0) is 51.9 Å². The van der Waals surface area contributed by atoms with Gasteiger partial charge in [0.1, 0.15) is 12.4 Å². The van der Waals surface area contributed by atoms with E-state index in [1.54, 1.807) is 0 Å². The van der Waals surface area contributed by atoms with Gasteiger partial charge in [0.25, 0.3) is 0 Å². The van der Waals surface area contributed by atoms with Crippen LogP contribution in [0, 0.1) is 23.7 Å². The molecule has 1 heterocycles. The molecule has 7 rings (SSSR count). The fraction of sp³-hybridized carbons (Fsp3) is 0.259. The average Bonchev–Trinajstić information content (AvgIpc) is 3.48. The second-order valence-corrected chi connectivity index (χ2v) is 9.10. The fourth-order valence-electron chi connectivity index (χ4n) is 6.27. The highest BCUT2D eigenvalue weighted by molar-refractivity contribution is 6.24. The number of ether oxygens (including phenoxy) is 1. The van der Waals surface area contributed by atoms with Crippen LogP contribution in [0.5, 0.6) is 5.75 Å². The number of benzene rings is 4. The van der Waals surface area contributed by atoms with E-state index in [0.717, 1.165) is 17.6 Å². The van der Waals surface area contributed by atoms with E-state index in [0.29, 0.717) is 13.2 Å². The van der Waals surface area contributed by atoms with Crippen molar-refractivity contribution >= 4 is 44.1 Å². The lowest BCUT2D eigenvalue weighted by Crippen LogP contribution is -2.36. The van der Waals surface area contributed by atoms with Crippen LogP contribution in [0.4, 0.5) is 0 Å². The number of rotatable bonds is 4. The first kappa shape index (κ1) is 17.3. The molecule has 4 atom stereocenters. The molecule has 2 amide bonds. The van der Waals surface area contributed by atoms with E-state index in [4.69, 9.17) is 4.74 Å². The summed E-state index contributed by atoms with van der Waals surface area (Å²) < 4.78 is 6.15. The number of hydrogen-bond acceptors (Lipinski definition) is 3. The quantitative estimate of drug-likeness (QED) is 0.278. The first-order valence-electron chi connectivity index (χ1n) is 11.0. The van der Waals surface area contributed by atoms with E-state index >= 15 is 0 Å². The predicted octanol–water partition coefficient (Wildman–Crippen LogP) is 4.77. The first-order chi connectivity index (χ1) is 15.2. The number of imide groups is 1. The van der Waals surface area contributed by atoms with Gasteiger partial charge < -0.3 is 4.74 Å². The van der Waals surface area contributed by atoms with Crippen molar-refractivity contribution in [2.45, 2.75) is 6.42 Å². The number of allylic oxidation sites excluding steroid dienone is 2. The molecule has 31 heavy (non-hydrogen) atoms. The van der Waals surface area contributed by atoms with Gasteiger partial charge in [-0.3, -0.25) is 14.5 Å². The third-order valence-corrected chi connectivity index (χ3v) is 7.62. The molecule has 2 bridgehead atoms. The summed E-state index contributed by atoms with van der Waals surface area (Å²) in [5.41, 5.74) is 0. The lowest BCUT2D eigenvalue weighted by atomic mass is 9.85. The molecule has 4 aromatic carbocycles. The molecule has 152 valence electrons. The Hall–Kier alpha value is -3.40. The molecule has 4 unspecified atom stereocenters. The Bertz CT molecular complexity index is 1370. The van der Waals surface area contributed by atoms with Crippen LogP contribution in [-0.2, 0) is 9.59 Å². The minimum absolute atomic E-state index is 0.00849. The summed E-state index contributed by atoms with van der Waals surface area (Å²) in [6, 6.07) is 19.0. The molecule has 1 saturated heterocycles. The highest BCUT2D eigenvalue weighted by Crippen LogP contribution is 2.52. The molecule has 0 N–H and O–H groups in total. The van der Waals surface area contributed by atoms with E-state index in [2.05, 4.69) is 60.7 Å². The summed E-state index contributed by atoms with van der Waals surface area (Å²) in [5.74, 6) is 0.988. The Morgan fingerprint density at radius 1 is 0.774 bits per heavy atom. The Labute approximate surface area is 179 Å². The lowest BCUT2D eigenvalue weighted by molar-refractivity contribution is -0.141. The lowest BCUT2D eigenvalue weighted by Gasteiger charge is -2.18. The number of hydrogen-bond donors (Lipinski definition) is 0. The van der Waals surface area contributed by atoms with Crippen molar-refractivity contribution in [3.63, 3.8) is 0 Å². The molecule has 4 nitrogen and oxygen atoms in total. The van der Waals surface area contributed by atoms with Crippen LogP contribution >= 0.6 is 0 Å². The number of fused-ring (bicyclic) bond motifs is 5. The van der Waals surface area contributed by atoms with Crippen molar-refractivity contribution < 1.29 is 14.3 Å². The zero-order valence-corrected chi connectivity index (χ0v) is 17.0. The monoisotopic (exact) mass is 407 g/mol. The Kier molecular flexibility index (Phi) is 3.39. The van der Waals surface area contributed by atoms with Gasteiger partial charge in [-0.15, -0.1) is 0 Å². The molecular formula is C27H21NO3. The van der Waals surface area contributed by atoms with Gasteiger partial charge in [-0.2, -0.15) is 0 Å². The molecule has 2 fully saturated rings. The number of likely N-dealkylation sites (tertiary alicyclic amines) is 1. The topological polar surface area (TPSA) is 46.6 Å². The molecule has 4 heteroatoms. The molecule has 2 aliphatic carbocycles. The van der Waals surface area contributed by atoms with Crippen LogP contribution < -0.4 is 4.74 Å². The number of nitrogens with zero attached hydrogens (tertiary/aromatic N) is 1. The summed E-state index contributed by atoms with van der Waals surface area (Å²) >= 11 is 0. The highest BCUT2D eigenvalue weighted by Gasteiger charge is 2.59. The van der Waals surface area contributed by atoms with Gasteiger partial charge in [-0.25, -0.2) is 0 Å². The summed E-state index contributed by atoms with van der Waals surface area (Å²) in [4.78, 5) is 27.2. The van der Waals surface area contributed by atoms with Crippen molar-refractivity contribution in [2.24, 2.45) is 23.7 Å². The number of carbonyl (C=O) groups excluding carboxylic acids is 2. The van der Waals surface area contributed by atoms with Crippen molar-refractivity contribution in [3.05, 3.63) is 66.7 Å². The van der Waals surface area contributed by atoms with Gasteiger partial charge >= 0.3 is 0 Å². The van der Waals surface area contributed by atoms with E-state index in [-0.39, 0.29) is 35.5 Å². The molecule has 4 aromatic rings. The van der Waals surface area contributed by atoms with Crippen molar-refractivity contribution in [2.75, 3.05) is 13.2 Å². The van der Waals surface area contributed by atoms with Gasteiger partial charge in [-0.1, -0.05) is 54.6 Å². The smallest absolute Gasteiger partial charge is 0.233 e. The van der Waals surface area contributed by atoms with Gasteiger partial charge in [0.2, 0.25) is 11.8 Å². The molecule has 0 aromatic heterocycles. The number of amides is 2. The minimum Gasteiger partial charge on any atom is -0.491 e. The maximum atomic E-state index is 12.9. The maximum absolute atomic E-state index is 12.9. The second-order valence-electron chi connectivity index (χ2n) is 9.10. The standard InChI is InChI=1S/C27H21NO3/c29-26-24-18-6-7-19(14-18)25(24)27(30)28(26)12-13-31-21-11-9-17-5-4-15-2-1-3-16-8-10-20(21)23(17)22(15)16/h1-11,18-19,24-25H,12-14H2. The van der Waals surface area contributed by atoms with Crippen molar-refractivity contribution in [1.29, 1.82) is 0 Å². The number of carbonyl (C=O) groups is 2. The molecule has 0 spiro atoms. The zero-order chi connectivity index (χ0) is 20.7. The van der Waals surface area contributed by atoms with Crippen LogP contribution in [0.15, 0.2) is 66.7 Å². The van der Waals surface area contributed by atoms with Gasteiger partial charge in [0, 0.05) is 10.8 Å². The largest absolute Gasteiger partial charge is 0.491 e. The molecule has 3 aliphatic rings. The Morgan fingerprint density at radius 2 is 1.39 bits per heavy atom. The Morgan fingerprint density at radius 3 is 2.10 bits per heavy atom. The van der Waals surface area contributed by atoms with Crippen molar-refractivity contribution in [3.8, 4) is 5.75 Å². The van der Waals surface area contributed by atoms with E-state index in [1.807, 2.05) is 6.07 Å². The van der Waals surface area contributed by atoms with Crippen LogP contribution in [0.3, 0.4) is 0 Å². The summed E-state index contributed by atoms with van der Waals surface area (Å²) in [5, 5.41) is 7.15. The second kappa shape index (κ2) is 6.07. The van der Waals surface area contributed by atoms with Crippen LogP contribution in [0.2, 0.25) is 0 Å². The first-order valence-corrected chi connectivity index (χ1v) is 11.0. The maximum Gasteiger partial charge on any atom is 0.233 e. The summed E-state index contributed by atoms with van der Waals surface area (Å²) in [6.45, 7) is 0.621. The normalized spacial score (nSPS) is 26.8. The molecule has 1 saturated carbocycles. The van der Waals surface area contributed by atoms with Gasteiger partial charge in [0.15, 0.2) is 0 Å². The molecular weight excluding hydrogens is 386 g/mol. The van der Waals surface area contributed by atoms with Crippen LogP contribution in [0.1, 0.15) is 6.42 Å². The van der Waals surface area contributed by atoms with E-state index in [9.17, 15) is 9.59 Å². The average molecular weight is 407 g/mol. The van der Waals surface area contributed by atoms with E-state index in [1.165, 1.54) is 31.8 Å². The van der Waals surface area contributed by atoms with Crippen LogP contribution in [-0.4, -0.2) is 29.9 Å². The molecule has 0 radical (unpaired) electrons. The zero-order valence-electron chi connectivity index (χ0n) is 17.0. The summed E-state index contributed by atoms with van der Waals surface area (Å²) in [7, 11) is 0. The fourth-order valence-corrected chi connectivity index (χ4v) is 6.27. The SMILES string of the molecule is O=C1C2C3C=CC(C3)C2C(=O)N1CCOc1ccc2ccc3cccc4ccc1c2c34. The van der Waals surface area contributed by atoms with Crippen LogP contribution in [0.25, 0.3) is 32.3 Å². The third kappa shape index (κ3) is 2.25. The molecule has 1 aliphatic heterocycles. The Balaban J connectivity index is 1.17.